The van der Waals surface area contributed by atoms with Crippen LogP contribution in [-0.2, 0) is 4.79 Å². The number of aromatic nitrogens is 3. The summed E-state index contributed by atoms with van der Waals surface area (Å²) in [7, 11) is 0. The normalized spacial score (nSPS) is 14.6. The van der Waals surface area contributed by atoms with Crippen molar-refractivity contribution in [2.45, 2.75) is 32.7 Å². The molecule has 4 rings (SSSR count). The lowest BCUT2D eigenvalue weighted by atomic mass is 10.0. The number of nitrogens with one attached hydrogen (secondary N) is 3. The van der Waals surface area contributed by atoms with Gasteiger partial charge in [0.2, 0.25) is 5.91 Å². The third-order valence-electron chi connectivity index (χ3n) is 5.40. The van der Waals surface area contributed by atoms with Crippen molar-refractivity contribution in [2.75, 3.05) is 25.1 Å². The van der Waals surface area contributed by atoms with Gasteiger partial charge in [-0.15, -0.1) is 0 Å². The molecule has 1 fully saturated rings. The zero-order valence-corrected chi connectivity index (χ0v) is 17.8. The van der Waals surface area contributed by atoms with Crippen LogP contribution in [0.3, 0.4) is 0 Å². The largest absolute Gasteiger partial charge is 0.492 e. The molecule has 31 heavy (non-hydrogen) atoms. The first-order chi connectivity index (χ1) is 15.0. The van der Waals surface area contributed by atoms with E-state index < -0.39 is 12.7 Å². The molecule has 3 aromatic heterocycles. The highest BCUT2D eigenvalue weighted by Crippen LogP contribution is 2.33. The molecule has 8 heteroatoms. The zero-order valence-electron chi connectivity index (χ0n) is 17.8. The molecule has 0 saturated heterocycles. The van der Waals surface area contributed by atoms with Gasteiger partial charge in [0, 0.05) is 41.6 Å². The number of ether oxygens (including phenoxy) is 1. The molecule has 0 bridgehead atoms. The first-order valence-corrected chi connectivity index (χ1v) is 10.7. The van der Waals surface area contributed by atoms with E-state index in [-0.39, 0.29) is 18.4 Å². The number of rotatable bonds is 10. The van der Waals surface area contributed by atoms with Crippen molar-refractivity contribution in [3.05, 3.63) is 36.9 Å². The number of alkyl halides is 1. The maximum atomic E-state index is 12.4. The lowest BCUT2D eigenvalue weighted by Gasteiger charge is -2.22. The van der Waals surface area contributed by atoms with E-state index in [9.17, 15) is 9.18 Å². The number of halogens is 1. The molecule has 0 spiro atoms. The Morgan fingerprint density at radius 1 is 1.29 bits per heavy atom. The number of carbonyl (C=O) groups is 1. The number of amides is 1. The van der Waals surface area contributed by atoms with Crippen LogP contribution in [0.4, 0.5) is 10.1 Å². The van der Waals surface area contributed by atoms with Crippen LogP contribution in [0.1, 0.15) is 26.7 Å². The number of nitrogens with zero attached hydrogens (tertiary/aromatic N) is 2. The van der Waals surface area contributed by atoms with Gasteiger partial charge in [0.1, 0.15) is 24.1 Å². The van der Waals surface area contributed by atoms with Crippen molar-refractivity contribution in [2.24, 2.45) is 11.8 Å². The Labute approximate surface area is 180 Å². The SMILES string of the molecule is CC(C)C(Nc1cncc(-c2c[nH]c3ncc(OCC4CC4)cc23)c1)C(=O)NCCF. The molecule has 1 saturated carbocycles. The number of H-pyrrole nitrogens is 1. The molecule has 1 unspecified atom stereocenters. The number of hydrogen-bond acceptors (Lipinski definition) is 5. The summed E-state index contributed by atoms with van der Waals surface area (Å²) >= 11 is 0. The van der Waals surface area contributed by atoms with Gasteiger partial charge in [-0.1, -0.05) is 13.8 Å². The van der Waals surface area contributed by atoms with E-state index >= 15 is 0 Å². The van der Waals surface area contributed by atoms with Gasteiger partial charge in [-0.05, 0) is 36.8 Å². The first-order valence-electron chi connectivity index (χ1n) is 10.7. The van der Waals surface area contributed by atoms with Crippen molar-refractivity contribution >= 4 is 22.6 Å². The minimum absolute atomic E-state index is 0.00944. The summed E-state index contributed by atoms with van der Waals surface area (Å²) in [6.07, 6.45) is 9.57. The molecule has 0 aliphatic heterocycles. The summed E-state index contributed by atoms with van der Waals surface area (Å²) in [5.41, 5.74) is 3.34. The van der Waals surface area contributed by atoms with Gasteiger partial charge in [0.15, 0.2) is 0 Å². The summed E-state index contributed by atoms with van der Waals surface area (Å²) < 4.78 is 18.3. The second kappa shape index (κ2) is 9.32. The fourth-order valence-corrected chi connectivity index (χ4v) is 3.46. The minimum atomic E-state index is -0.589. The monoisotopic (exact) mass is 425 g/mol. The quantitative estimate of drug-likeness (QED) is 0.458. The van der Waals surface area contributed by atoms with Gasteiger partial charge in [-0.2, -0.15) is 0 Å². The Hall–Kier alpha value is -3.16. The van der Waals surface area contributed by atoms with Crippen LogP contribution in [0.2, 0.25) is 0 Å². The van der Waals surface area contributed by atoms with E-state index in [1.807, 2.05) is 32.2 Å². The van der Waals surface area contributed by atoms with Crippen LogP contribution in [0.25, 0.3) is 22.2 Å². The molecule has 0 aromatic carbocycles. The highest BCUT2D eigenvalue weighted by atomic mass is 19.1. The summed E-state index contributed by atoms with van der Waals surface area (Å²) in [6, 6.07) is 3.46. The summed E-state index contributed by atoms with van der Waals surface area (Å²) in [6.45, 7) is 4.04. The Kier molecular flexibility index (Phi) is 6.34. The smallest absolute Gasteiger partial charge is 0.242 e. The molecule has 1 atom stereocenters. The molecule has 0 radical (unpaired) electrons. The maximum Gasteiger partial charge on any atom is 0.242 e. The molecular weight excluding hydrogens is 397 g/mol. The second-order valence-corrected chi connectivity index (χ2v) is 8.33. The van der Waals surface area contributed by atoms with E-state index in [2.05, 4.69) is 25.6 Å². The van der Waals surface area contributed by atoms with Crippen LogP contribution in [0, 0.1) is 11.8 Å². The first kappa shape index (κ1) is 21.1. The standard InChI is InChI=1S/C23H28FN5O2/c1-14(2)21(23(30)26-6-5-24)29-17-7-16(9-25-10-17)20-12-28-22-19(20)8-18(11-27-22)31-13-15-3-4-15/h7-12,14-15,21,29H,3-6,13H2,1-2H3,(H,26,30)(H,27,28). The average molecular weight is 426 g/mol. The van der Waals surface area contributed by atoms with Gasteiger partial charge >= 0.3 is 0 Å². The van der Waals surface area contributed by atoms with Gasteiger partial charge in [-0.3, -0.25) is 9.78 Å². The highest BCUT2D eigenvalue weighted by Gasteiger charge is 2.23. The second-order valence-electron chi connectivity index (χ2n) is 8.33. The van der Waals surface area contributed by atoms with Crippen molar-refractivity contribution in [3.8, 4) is 16.9 Å². The molecule has 1 amide bonds. The van der Waals surface area contributed by atoms with Gasteiger partial charge in [-0.25, -0.2) is 9.37 Å². The molecular formula is C23H28FN5O2. The molecule has 3 heterocycles. The molecule has 1 aliphatic carbocycles. The maximum absolute atomic E-state index is 12.4. The van der Waals surface area contributed by atoms with Crippen LogP contribution >= 0.6 is 0 Å². The summed E-state index contributed by atoms with van der Waals surface area (Å²) in [5, 5.41) is 6.80. The Balaban J connectivity index is 1.56. The van der Waals surface area contributed by atoms with Gasteiger partial charge < -0.3 is 20.4 Å². The predicted octanol–water partition coefficient (Wildman–Crippen LogP) is 3.94. The van der Waals surface area contributed by atoms with Crippen molar-refractivity contribution in [1.82, 2.24) is 20.3 Å². The summed E-state index contributed by atoms with van der Waals surface area (Å²) in [5.74, 6) is 1.22. The number of carbonyl (C=O) groups excluding carboxylic acids is 1. The van der Waals surface area contributed by atoms with Crippen molar-refractivity contribution < 1.29 is 13.9 Å². The number of anilines is 1. The van der Waals surface area contributed by atoms with Crippen LogP contribution in [-0.4, -0.2) is 46.7 Å². The third-order valence-corrected chi connectivity index (χ3v) is 5.40. The molecule has 1 aliphatic rings. The Morgan fingerprint density at radius 2 is 2.13 bits per heavy atom. The number of fused-ring (bicyclic) bond motifs is 1. The summed E-state index contributed by atoms with van der Waals surface area (Å²) in [4.78, 5) is 24.4. The van der Waals surface area contributed by atoms with E-state index in [1.54, 1.807) is 18.6 Å². The van der Waals surface area contributed by atoms with Crippen molar-refractivity contribution in [1.29, 1.82) is 0 Å². The lowest BCUT2D eigenvalue weighted by Crippen LogP contribution is -2.43. The van der Waals surface area contributed by atoms with Crippen LogP contribution in [0.5, 0.6) is 5.75 Å². The fraction of sp³-hybridized carbons (Fsp3) is 0.435. The Bertz CT molecular complexity index is 1050. The molecule has 3 N–H and O–H groups in total. The Morgan fingerprint density at radius 3 is 2.87 bits per heavy atom. The molecule has 3 aromatic rings. The van der Waals surface area contributed by atoms with E-state index in [0.29, 0.717) is 5.92 Å². The lowest BCUT2D eigenvalue weighted by molar-refractivity contribution is -0.122. The number of hydrogen-bond donors (Lipinski definition) is 3. The van der Waals surface area contributed by atoms with Gasteiger partial charge in [0.05, 0.1) is 18.5 Å². The highest BCUT2D eigenvalue weighted by molar-refractivity contribution is 5.94. The fourth-order valence-electron chi connectivity index (χ4n) is 3.46. The number of pyridine rings is 2. The third kappa shape index (κ3) is 5.13. The topological polar surface area (TPSA) is 91.9 Å². The van der Waals surface area contributed by atoms with E-state index in [4.69, 9.17) is 4.74 Å². The minimum Gasteiger partial charge on any atom is -0.492 e. The van der Waals surface area contributed by atoms with Crippen LogP contribution in [0.15, 0.2) is 36.9 Å². The van der Waals surface area contributed by atoms with Crippen molar-refractivity contribution in [3.63, 3.8) is 0 Å². The van der Waals surface area contributed by atoms with Gasteiger partial charge in [0.25, 0.3) is 0 Å². The van der Waals surface area contributed by atoms with E-state index in [1.165, 1.54) is 12.8 Å². The zero-order chi connectivity index (χ0) is 21.8. The van der Waals surface area contributed by atoms with E-state index in [0.717, 1.165) is 40.2 Å². The molecule has 7 nitrogen and oxygen atoms in total. The predicted molar refractivity (Wildman–Crippen MR) is 119 cm³/mol. The number of aromatic amines is 1. The van der Waals surface area contributed by atoms with Crippen LogP contribution < -0.4 is 15.4 Å². The molecule has 164 valence electrons. The average Bonchev–Trinajstić information content (AvgIpc) is 3.51.